The van der Waals surface area contributed by atoms with E-state index in [1.807, 2.05) is 6.92 Å². The van der Waals surface area contributed by atoms with Crippen LogP contribution < -0.4 is 29.0 Å². The molecule has 0 aromatic heterocycles. The number of urea groups is 1. The maximum Gasteiger partial charge on any atom is 0.321 e. The number of nitrogens with zero attached hydrogens (tertiary/aromatic N) is 2. The third-order valence-corrected chi connectivity index (χ3v) is 9.36. The molecule has 2 heterocycles. The number of rotatable bonds is 9. The van der Waals surface area contributed by atoms with Crippen molar-refractivity contribution >= 4 is 33.3 Å². The second-order valence-corrected chi connectivity index (χ2v) is 13.1. The van der Waals surface area contributed by atoms with Gasteiger partial charge in [-0.2, -0.15) is 0 Å². The minimum atomic E-state index is -3.95. The van der Waals surface area contributed by atoms with E-state index in [9.17, 15) is 23.1 Å². The molecule has 5 rings (SSSR count). The molecule has 0 radical (unpaired) electrons. The number of methoxy groups -OCH3 is 1. The lowest BCUT2D eigenvalue weighted by Crippen LogP contribution is -2.48. The van der Waals surface area contributed by atoms with Crippen LogP contribution in [0.2, 0.25) is 0 Å². The standard InChI is InChI=1S/C32H38N4O9S/c1-20-16-36(21(2)18-37)31(38)14-22-13-24(34-46(40,41)26-9-7-25(42-4)8-10-26)6-11-27(22)45-30(20)17-35(3)32(39)33-23-5-12-28-29(15-23)44-19-43-28/h5-13,15,20-21,30,34,37H,14,16-19H2,1-4H3,(H,33,39)/t20-,21+,30-/m0/s1. The van der Waals surface area contributed by atoms with Gasteiger partial charge in [0.2, 0.25) is 12.7 Å². The first-order chi connectivity index (χ1) is 22.0. The zero-order valence-electron chi connectivity index (χ0n) is 26.1. The first-order valence-corrected chi connectivity index (χ1v) is 16.2. The van der Waals surface area contributed by atoms with Crippen molar-refractivity contribution in [2.45, 2.75) is 37.3 Å². The monoisotopic (exact) mass is 654 g/mol. The lowest BCUT2D eigenvalue weighted by molar-refractivity contribution is -0.134. The molecule has 46 heavy (non-hydrogen) atoms. The fourth-order valence-electron chi connectivity index (χ4n) is 5.23. The number of nitrogens with one attached hydrogen (secondary N) is 2. The van der Waals surface area contributed by atoms with Crippen molar-refractivity contribution in [1.82, 2.24) is 9.80 Å². The zero-order chi connectivity index (χ0) is 33.0. The van der Waals surface area contributed by atoms with Crippen molar-refractivity contribution in [3.63, 3.8) is 0 Å². The van der Waals surface area contributed by atoms with Gasteiger partial charge >= 0.3 is 6.03 Å². The molecule has 3 amide bonds. The Morgan fingerprint density at radius 1 is 1.07 bits per heavy atom. The maximum absolute atomic E-state index is 13.5. The normalized spacial score (nSPS) is 18.3. The number of aliphatic hydroxyl groups is 1. The third-order valence-electron chi connectivity index (χ3n) is 7.96. The van der Waals surface area contributed by atoms with Crippen molar-refractivity contribution < 1.29 is 42.1 Å². The molecule has 3 atom stereocenters. The van der Waals surface area contributed by atoms with Gasteiger partial charge in [0.15, 0.2) is 11.5 Å². The van der Waals surface area contributed by atoms with Crippen LogP contribution in [0.25, 0.3) is 0 Å². The number of amides is 3. The Hall–Kier alpha value is -4.69. The van der Waals surface area contributed by atoms with Gasteiger partial charge in [0, 0.05) is 42.5 Å². The topological polar surface area (TPSA) is 156 Å². The lowest BCUT2D eigenvalue weighted by Gasteiger charge is -2.34. The van der Waals surface area contributed by atoms with Crippen molar-refractivity contribution in [2.24, 2.45) is 5.92 Å². The number of hydrogen-bond acceptors (Lipinski definition) is 9. The lowest BCUT2D eigenvalue weighted by atomic mass is 10.0. The highest BCUT2D eigenvalue weighted by atomic mass is 32.2. The largest absolute Gasteiger partial charge is 0.497 e. The van der Waals surface area contributed by atoms with Gasteiger partial charge < -0.3 is 39.2 Å². The number of likely N-dealkylation sites (N-methyl/N-ethyl adjacent to an activating group) is 1. The van der Waals surface area contributed by atoms with Gasteiger partial charge in [0.05, 0.1) is 37.6 Å². The fourth-order valence-corrected chi connectivity index (χ4v) is 6.28. The van der Waals surface area contributed by atoms with Gasteiger partial charge in [-0.15, -0.1) is 0 Å². The van der Waals surface area contributed by atoms with E-state index in [1.165, 1.54) is 24.1 Å². The molecule has 0 spiro atoms. The van der Waals surface area contributed by atoms with Crippen LogP contribution in [0.5, 0.6) is 23.0 Å². The Balaban J connectivity index is 1.38. The molecule has 0 unspecified atom stereocenters. The van der Waals surface area contributed by atoms with Crippen LogP contribution in [-0.2, 0) is 21.2 Å². The van der Waals surface area contributed by atoms with Crippen molar-refractivity contribution in [3.05, 3.63) is 66.2 Å². The fraction of sp³-hybridized carbons (Fsp3) is 0.375. The van der Waals surface area contributed by atoms with Gasteiger partial charge in [-0.25, -0.2) is 13.2 Å². The van der Waals surface area contributed by atoms with Gasteiger partial charge in [-0.1, -0.05) is 6.92 Å². The van der Waals surface area contributed by atoms with E-state index in [1.54, 1.807) is 67.4 Å². The van der Waals surface area contributed by atoms with Crippen LogP contribution in [-0.4, -0.2) is 88.1 Å². The summed E-state index contributed by atoms with van der Waals surface area (Å²) in [6, 6.07) is 15.0. The zero-order valence-corrected chi connectivity index (χ0v) is 26.9. The van der Waals surface area contributed by atoms with Crippen LogP contribution >= 0.6 is 0 Å². The smallest absolute Gasteiger partial charge is 0.321 e. The molecular formula is C32H38N4O9S. The van der Waals surface area contributed by atoms with Crippen LogP contribution in [0.1, 0.15) is 19.4 Å². The molecule has 0 fully saturated rings. The van der Waals surface area contributed by atoms with Crippen molar-refractivity contribution in [2.75, 3.05) is 50.7 Å². The summed E-state index contributed by atoms with van der Waals surface area (Å²) in [5.41, 5.74) is 1.24. The SMILES string of the molecule is COc1ccc(S(=O)(=O)Nc2ccc3c(c2)CC(=O)N([C@H](C)CO)C[C@H](C)[C@H](CN(C)C(=O)Nc2ccc4c(c2)OCO4)O3)cc1. The van der Waals surface area contributed by atoms with Crippen LogP contribution in [0.3, 0.4) is 0 Å². The highest BCUT2D eigenvalue weighted by molar-refractivity contribution is 7.92. The van der Waals surface area contributed by atoms with Crippen LogP contribution in [0.4, 0.5) is 16.2 Å². The number of benzene rings is 3. The van der Waals surface area contributed by atoms with Gasteiger partial charge in [0.1, 0.15) is 17.6 Å². The van der Waals surface area contributed by atoms with E-state index in [2.05, 4.69) is 10.0 Å². The summed E-state index contributed by atoms with van der Waals surface area (Å²) in [4.78, 5) is 29.8. The average molecular weight is 655 g/mol. The number of sulfonamides is 1. The molecule has 0 saturated carbocycles. The number of aliphatic hydroxyl groups excluding tert-OH is 1. The number of fused-ring (bicyclic) bond motifs is 2. The first kappa shape index (κ1) is 32.7. The molecule has 14 heteroatoms. The van der Waals surface area contributed by atoms with E-state index in [0.717, 1.165) is 0 Å². The maximum atomic E-state index is 13.5. The molecule has 3 N–H and O–H groups in total. The molecule has 0 bridgehead atoms. The van der Waals surface area contributed by atoms with E-state index in [-0.39, 0.29) is 61.3 Å². The molecule has 3 aromatic rings. The summed E-state index contributed by atoms with van der Waals surface area (Å²) < 4.78 is 51.1. The molecule has 13 nitrogen and oxygen atoms in total. The Labute approximate surface area is 268 Å². The Morgan fingerprint density at radius 2 is 1.76 bits per heavy atom. The number of carbonyl (C=O) groups is 2. The van der Waals surface area contributed by atoms with Crippen LogP contribution in [0.15, 0.2) is 65.6 Å². The average Bonchev–Trinajstić information content (AvgIpc) is 3.52. The predicted octanol–water partition coefficient (Wildman–Crippen LogP) is 3.54. The first-order valence-electron chi connectivity index (χ1n) is 14.8. The summed E-state index contributed by atoms with van der Waals surface area (Å²) in [7, 11) is -0.811. The Morgan fingerprint density at radius 3 is 2.48 bits per heavy atom. The third kappa shape index (κ3) is 7.40. The molecule has 0 saturated heterocycles. The predicted molar refractivity (Wildman–Crippen MR) is 170 cm³/mol. The highest BCUT2D eigenvalue weighted by Crippen LogP contribution is 2.34. The molecule has 3 aromatic carbocycles. The second kappa shape index (κ2) is 13.7. The quantitative estimate of drug-likeness (QED) is 0.314. The summed E-state index contributed by atoms with van der Waals surface area (Å²) in [5, 5.41) is 12.8. The molecule has 2 aliphatic heterocycles. The van der Waals surface area contributed by atoms with E-state index < -0.39 is 22.2 Å². The number of ether oxygens (including phenoxy) is 4. The Bertz CT molecular complexity index is 1680. The molecular weight excluding hydrogens is 616 g/mol. The molecule has 2 aliphatic rings. The summed E-state index contributed by atoms with van der Waals surface area (Å²) in [6.45, 7) is 3.99. The minimum absolute atomic E-state index is 0.0445. The number of anilines is 2. The van der Waals surface area contributed by atoms with E-state index in [4.69, 9.17) is 18.9 Å². The van der Waals surface area contributed by atoms with E-state index >= 15 is 0 Å². The van der Waals surface area contributed by atoms with Crippen LogP contribution in [0, 0.1) is 5.92 Å². The minimum Gasteiger partial charge on any atom is -0.497 e. The van der Waals surface area contributed by atoms with Gasteiger partial charge in [0.25, 0.3) is 10.0 Å². The second-order valence-electron chi connectivity index (χ2n) is 11.4. The highest BCUT2D eigenvalue weighted by Gasteiger charge is 2.32. The van der Waals surface area contributed by atoms with Crippen molar-refractivity contribution in [1.29, 1.82) is 0 Å². The number of hydrogen-bond donors (Lipinski definition) is 3. The summed E-state index contributed by atoms with van der Waals surface area (Å²) >= 11 is 0. The van der Waals surface area contributed by atoms with E-state index in [0.29, 0.717) is 34.2 Å². The number of carbonyl (C=O) groups excluding carboxylic acids is 2. The Kier molecular flexibility index (Phi) is 9.77. The van der Waals surface area contributed by atoms with Gasteiger partial charge in [-0.3, -0.25) is 9.52 Å². The molecule has 246 valence electrons. The summed E-state index contributed by atoms with van der Waals surface area (Å²) in [5.74, 6) is 1.55. The molecule has 0 aliphatic carbocycles. The van der Waals surface area contributed by atoms with Crippen molar-refractivity contribution in [3.8, 4) is 23.0 Å². The summed E-state index contributed by atoms with van der Waals surface area (Å²) in [6.07, 6.45) is -0.648. The van der Waals surface area contributed by atoms with Gasteiger partial charge in [-0.05, 0) is 61.5 Å².